The van der Waals surface area contributed by atoms with Crippen LogP contribution in [0.5, 0.6) is 0 Å². The number of amides is 1. The molecule has 4 N–H and O–H groups in total. The Morgan fingerprint density at radius 1 is 0.471 bits per heavy atom. The molecule has 0 aliphatic rings. The topological polar surface area (TPSA) is 89.8 Å². The van der Waals surface area contributed by atoms with E-state index in [4.69, 9.17) is 0 Å². The smallest absolute Gasteiger partial charge is 0.220 e. The summed E-state index contributed by atoms with van der Waals surface area (Å²) in [6.45, 7) is 4.19. The monoisotopic (exact) mass is 722 g/mol. The first kappa shape index (κ1) is 50.1. The van der Waals surface area contributed by atoms with Crippen molar-refractivity contribution in [3.63, 3.8) is 0 Å². The van der Waals surface area contributed by atoms with Gasteiger partial charge in [0, 0.05) is 6.42 Å². The van der Waals surface area contributed by atoms with Crippen molar-refractivity contribution in [3.8, 4) is 0 Å². The van der Waals surface area contributed by atoms with E-state index in [1.54, 1.807) is 0 Å². The fourth-order valence-electron chi connectivity index (χ4n) is 7.28. The average molecular weight is 722 g/mol. The quantitative estimate of drug-likeness (QED) is 0.0373. The molecular formula is C46H91NO4. The Labute approximate surface area is 319 Å². The minimum Gasteiger partial charge on any atom is -0.394 e. The lowest BCUT2D eigenvalue weighted by Gasteiger charge is -2.26. The van der Waals surface area contributed by atoms with Crippen LogP contribution in [0.2, 0.25) is 0 Å². The standard InChI is InChI=1S/C46H91NO4/c1-3-5-7-9-11-13-15-17-19-21-23-25-27-29-31-33-35-37-39-41-45(50)47-43(42-48)46(51)44(49)40-38-36-34-32-30-28-26-24-22-20-18-16-14-12-10-8-6-4-2/h21,23,43-44,46,48-49,51H,3-20,22,24-42H2,1-2H3,(H,47,50)/b23-21-. The zero-order valence-electron chi connectivity index (χ0n) is 34.5. The van der Waals surface area contributed by atoms with Crippen LogP contribution < -0.4 is 5.32 Å². The number of carbonyl (C=O) groups excluding carboxylic acids is 1. The summed E-state index contributed by atoms with van der Waals surface area (Å²) >= 11 is 0. The van der Waals surface area contributed by atoms with Gasteiger partial charge in [-0.1, -0.05) is 219 Å². The number of hydrogen-bond acceptors (Lipinski definition) is 4. The molecule has 3 unspecified atom stereocenters. The van der Waals surface area contributed by atoms with Crippen molar-refractivity contribution in [1.82, 2.24) is 5.32 Å². The molecule has 0 saturated carbocycles. The van der Waals surface area contributed by atoms with Gasteiger partial charge in [-0.25, -0.2) is 0 Å². The third-order valence-electron chi connectivity index (χ3n) is 10.9. The number of carbonyl (C=O) groups is 1. The summed E-state index contributed by atoms with van der Waals surface area (Å²) in [5.74, 6) is -0.146. The maximum Gasteiger partial charge on any atom is 0.220 e. The first-order valence-corrected chi connectivity index (χ1v) is 23.0. The molecule has 0 aromatic carbocycles. The zero-order chi connectivity index (χ0) is 37.3. The highest BCUT2D eigenvalue weighted by atomic mass is 16.3. The molecule has 0 radical (unpaired) electrons. The van der Waals surface area contributed by atoms with Crippen LogP contribution in [-0.2, 0) is 4.79 Å². The van der Waals surface area contributed by atoms with Crippen LogP contribution in [-0.4, -0.2) is 46.1 Å². The van der Waals surface area contributed by atoms with Crippen LogP contribution in [0, 0.1) is 0 Å². The second-order valence-electron chi connectivity index (χ2n) is 16.0. The van der Waals surface area contributed by atoms with E-state index in [0.717, 1.165) is 38.5 Å². The van der Waals surface area contributed by atoms with Crippen LogP contribution >= 0.6 is 0 Å². The third-order valence-corrected chi connectivity index (χ3v) is 10.9. The fraction of sp³-hybridized carbons (Fsp3) is 0.935. The van der Waals surface area contributed by atoms with Crippen molar-refractivity contribution in [3.05, 3.63) is 12.2 Å². The Kier molecular flexibility index (Phi) is 41.1. The highest BCUT2D eigenvalue weighted by Gasteiger charge is 2.26. The van der Waals surface area contributed by atoms with Crippen molar-refractivity contribution in [2.75, 3.05) is 6.61 Å². The van der Waals surface area contributed by atoms with E-state index < -0.39 is 18.2 Å². The molecule has 304 valence electrons. The SMILES string of the molecule is CCCCCCCCCC/C=C\CCCCCCCCCC(=O)NC(CO)C(O)C(O)CCCCCCCCCCCCCCCCCCCC. The van der Waals surface area contributed by atoms with Gasteiger partial charge in [-0.2, -0.15) is 0 Å². The molecule has 0 aromatic heterocycles. The van der Waals surface area contributed by atoms with Gasteiger partial charge in [0.05, 0.1) is 18.8 Å². The minimum absolute atomic E-state index is 0.146. The Balaban J connectivity index is 3.60. The molecule has 0 aliphatic heterocycles. The first-order valence-electron chi connectivity index (χ1n) is 23.0. The Morgan fingerprint density at radius 2 is 0.784 bits per heavy atom. The largest absolute Gasteiger partial charge is 0.394 e. The van der Waals surface area contributed by atoms with Gasteiger partial charge in [-0.3, -0.25) is 4.79 Å². The minimum atomic E-state index is -1.13. The van der Waals surface area contributed by atoms with Crippen LogP contribution in [0.1, 0.15) is 251 Å². The third kappa shape index (κ3) is 37.2. The number of aliphatic hydroxyl groups is 3. The van der Waals surface area contributed by atoms with Crippen molar-refractivity contribution in [1.29, 1.82) is 0 Å². The molecule has 0 fully saturated rings. The normalized spacial score (nSPS) is 13.6. The summed E-state index contributed by atoms with van der Waals surface area (Å²) in [5, 5.41) is 33.6. The Hall–Kier alpha value is -0.910. The molecule has 1 amide bonds. The second-order valence-corrected chi connectivity index (χ2v) is 16.0. The predicted molar refractivity (Wildman–Crippen MR) is 222 cm³/mol. The highest BCUT2D eigenvalue weighted by molar-refractivity contribution is 5.76. The maximum absolute atomic E-state index is 12.4. The number of allylic oxidation sites excluding steroid dienone is 2. The molecular weight excluding hydrogens is 631 g/mol. The van der Waals surface area contributed by atoms with Gasteiger partial charge in [-0.05, 0) is 38.5 Å². The van der Waals surface area contributed by atoms with E-state index in [1.165, 1.54) is 186 Å². The van der Waals surface area contributed by atoms with Gasteiger partial charge >= 0.3 is 0 Å². The van der Waals surface area contributed by atoms with E-state index in [9.17, 15) is 20.1 Å². The molecule has 0 bridgehead atoms. The fourth-order valence-corrected chi connectivity index (χ4v) is 7.28. The molecule has 0 saturated heterocycles. The number of unbranched alkanes of at least 4 members (excludes halogenated alkanes) is 32. The average Bonchev–Trinajstić information content (AvgIpc) is 3.13. The van der Waals surface area contributed by atoms with Crippen LogP contribution in [0.3, 0.4) is 0 Å². The van der Waals surface area contributed by atoms with Gasteiger partial charge in [-0.15, -0.1) is 0 Å². The van der Waals surface area contributed by atoms with E-state index in [1.807, 2.05) is 0 Å². The van der Waals surface area contributed by atoms with E-state index in [2.05, 4.69) is 31.3 Å². The summed E-state index contributed by atoms with van der Waals surface area (Å²) in [6, 6.07) is -0.808. The lowest BCUT2D eigenvalue weighted by Crippen LogP contribution is -2.50. The summed E-state index contributed by atoms with van der Waals surface area (Å²) in [4.78, 5) is 12.4. The van der Waals surface area contributed by atoms with Gasteiger partial charge < -0.3 is 20.6 Å². The van der Waals surface area contributed by atoms with Crippen molar-refractivity contribution in [2.45, 2.75) is 270 Å². The van der Waals surface area contributed by atoms with Gasteiger partial charge in [0.25, 0.3) is 0 Å². The summed E-state index contributed by atoms with van der Waals surface area (Å²) in [5.41, 5.74) is 0. The Morgan fingerprint density at radius 3 is 1.14 bits per heavy atom. The van der Waals surface area contributed by atoms with Crippen molar-refractivity contribution >= 4 is 5.91 Å². The summed E-state index contributed by atoms with van der Waals surface area (Å²) in [6.07, 6.45) is 48.9. The highest BCUT2D eigenvalue weighted by Crippen LogP contribution is 2.17. The van der Waals surface area contributed by atoms with E-state index in [-0.39, 0.29) is 12.5 Å². The van der Waals surface area contributed by atoms with Crippen molar-refractivity contribution in [2.24, 2.45) is 0 Å². The molecule has 5 nitrogen and oxygen atoms in total. The Bertz CT molecular complexity index is 713. The molecule has 0 heterocycles. The number of nitrogens with one attached hydrogen (secondary N) is 1. The molecule has 0 rings (SSSR count). The molecule has 0 aliphatic carbocycles. The van der Waals surface area contributed by atoms with Gasteiger partial charge in [0.15, 0.2) is 0 Å². The van der Waals surface area contributed by atoms with Gasteiger partial charge in [0.1, 0.15) is 6.10 Å². The van der Waals surface area contributed by atoms with Crippen LogP contribution in [0.15, 0.2) is 12.2 Å². The number of rotatable bonds is 42. The lowest BCUT2D eigenvalue weighted by atomic mass is 9.99. The van der Waals surface area contributed by atoms with Gasteiger partial charge in [0.2, 0.25) is 5.91 Å². The summed E-state index contributed by atoms with van der Waals surface area (Å²) < 4.78 is 0. The molecule has 5 heteroatoms. The summed E-state index contributed by atoms with van der Waals surface area (Å²) in [7, 11) is 0. The maximum atomic E-state index is 12.4. The van der Waals surface area contributed by atoms with Crippen LogP contribution in [0.25, 0.3) is 0 Å². The van der Waals surface area contributed by atoms with E-state index in [0.29, 0.717) is 12.8 Å². The molecule has 3 atom stereocenters. The number of aliphatic hydroxyl groups excluding tert-OH is 3. The van der Waals surface area contributed by atoms with E-state index >= 15 is 0 Å². The lowest BCUT2D eigenvalue weighted by molar-refractivity contribution is -0.124. The van der Waals surface area contributed by atoms with Crippen molar-refractivity contribution < 1.29 is 20.1 Å². The second kappa shape index (κ2) is 41.8. The predicted octanol–water partition coefficient (Wildman–Crippen LogP) is 13.2. The first-order chi connectivity index (χ1) is 25.1. The molecule has 0 spiro atoms. The zero-order valence-corrected chi connectivity index (χ0v) is 34.5. The molecule has 0 aromatic rings. The van der Waals surface area contributed by atoms with Crippen LogP contribution in [0.4, 0.5) is 0 Å². The molecule has 51 heavy (non-hydrogen) atoms. The number of hydrogen-bond donors (Lipinski definition) is 4.